The fourth-order valence-corrected chi connectivity index (χ4v) is 0.402. The number of hydrogen-bond acceptors (Lipinski definition) is 5. The van der Waals surface area contributed by atoms with E-state index < -0.39 is 5.97 Å². The third-order valence-corrected chi connectivity index (χ3v) is 0.803. The van der Waals surface area contributed by atoms with Gasteiger partial charge in [0.05, 0.1) is 0 Å². The predicted octanol–water partition coefficient (Wildman–Crippen LogP) is -5.42. The van der Waals surface area contributed by atoms with E-state index >= 15 is 0 Å². The van der Waals surface area contributed by atoms with E-state index in [4.69, 9.17) is 0 Å². The molecule has 0 unspecified atom stereocenters. The number of aromatic nitrogens is 4. The summed E-state index contributed by atoms with van der Waals surface area (Å²) in [5, 5.41) is 19.5. The molecule has 1 aromatic rings. The summed E-state index contributed by atoms with van der Waals surface area (Å²) >= 11 is 0. The molecule has 0 amide bonds. The quantitative estimate of drug-likeness (QED) is 0.503. The minimum Gasteiger partial charge on any atom is -0.541 e. The summed E-state index contributed by atoms with van der Waals surface area (Å²) in [7, 11) is 1.42. The number of carbonyl (C=O) groups excluding carboxylic acids is 1. The number of carbonyl (C=O) groups is 1. The molecule has 6 nitrogen and oxygen atoms in total. The van der Waals surface area contributed by atoms with Crippen molar-refractivity contribution in [3.8, 4) is 0 Å². The minimum atomic E-state index is -1.37. The zero-order valence-corrected chi connectivity index (χ0v) is 11.9. The minimum absolute atomic E-state index is 0. The first kappa shape index (κ1) is 10.6. The first-order valence-electron chi connectivity index (χ1n) is 2.15. The number of nitrogens with zero attached hydrogens (tertiary/aromatic N) is 4. The molecule has 1 rings (SSSR count). The molecule has 1 heterocycles. The molecule has 48 valence electrons. The van der Waals surface area contributed by atoms with E-state index in [-0.39, 0.29) is 74.7 Å². The van der Waals surface area contributed by atoms with E-state index in [0.717, 1.165) is 4.68 Å². The standard InChI is InChI=1S/C3H4N4O2.Cs/c1-7-2(3(8)9)4-5-6-7;/h1H3,(H,8,9);/q;+1/p-1. The summed E-state index contributed by atoms with van der Waals surface area (Å²) in [6.07, 6.45) is 0. The van der Waals surface area contributed by atoms with E-state index in [2.05, 4.69) is 15.5 Å². The van der Waals surface area contributed by atoms with Crippen LogP contribution in [0.2, 0.25) is 0 Å². The molecule has 0 bridgehead atoms. The molecule has 7 heteroatoms. The Balaban J connectivity index is 0.000000810. The van der Waals surface area contributed by atoms with E-state index in [1.54, 1.807) is 0 Å². The van der Waals surface area contributed by atoms with Gasteiger partial charge in [0.1, 0.15) is 5.97 Å². The maximum Gasteiger partial charge on any atom is 1.00 e. The van der Waals surface area contributed by atoms with Crippen LogP contribution in [0.15, 0.2) is 0 Å². The predicted molar refractivity (Wildman–Crippen MR) is 23.1 cm³/mol. The molecule has 0 saturated heterocycles. The zero-order valence-electron chi connectivity index (χ0n) is 5.61. The Morgan fingerprint density at radius 3 is 2.50 bits per heavy atom. The Morgan fingerprint density at radius 1 is 1.70 bits per heavy atom. The van der Waals surface area contributed by atoms with E-state index in [1.165, 1.54) is 7.05 Å². The number of carboxylic acid groups (broad SMARTS) is 1. The SMILES string of the molecule is Cn1nnnc1C(=O)[O-].[Cs+]. The number of rotatable bonds is 1. The van der Waals surface area contributed by atoms with Crippen molar-refractivity contribution in [2.24, 2.45) is 7.05 Å². The topological polar surface area (TPSA) is 83.7 Å². The van der Waals surface area contributed by atoms with Gasteiger partial charge in [0.15, 0.2) is 5.82 Å². The number of carboxylic acids is 1. The number of aromatic carboxylic acids is 1. The van der Waals surface area contributed by atoms with Crippen LogP contribution in [-0.4, -0.2) is 26.2 Å². The Morgan fingerprint density at radius 2 is 2.30 bits per heavy atom. The average Bonchev–Trinajstić information content (AvgIpc) is 2.13. The van der Waals surface area contributed by atoms with Gasteiger partial charge in [0.25, 0.3) is 0 Å². The third kappa shape index (κ3) is 2.33. The van der Waals surface area contributed by atoms with Crippen LogP contribution >= 0.6 is 0 Å². The molecule has 1 aromatic heterocycles. The molecule has 0 aromatic carbocycles. The van der Waals surface area contributed by atoms with Gasteiger partial charge in [0, 0.05) is 7.05 Å². The summed E-state index contributed by atoms with van der Waals surface area (Å²) in [6, 6.07) is 0. The zero-order chi connectivity index (χ0) is 6.85. The fraction of sp³-hybridized carbons (Fsp3) is 0.333. The molecule has 0 saturated carbocycles. The Kier molecular flexibility index (Phi) is 4.73. The van der Waals surface area contributed by atoms with Gasteiger partial charge in [-0.2, -0.15) is 0 Å². The maximum atomic E-state index is 10.0. The van der Waals surface area contributed by atoms with E-state index in [1.807, 2.05) is 0 Å². The molecular formula is C3H3CsN4O2. The van der Waals surface area contributed by atoms with Crippen LogP contribution in [-0.2, 0) is 7.05 Å². The van der Waals surface area contributed by atoms with Gasteiger partial charge < -0.3 is 9.90 Å². The monoisotopic (exact) mass is 260 g/mol. The normalized spacial score (nSPS) is 8.50. The number of tetrazole rings is 1. The Bertz CT molecular complexity index is 234. The first-order chi connectivity index (χ1) is 4.22. The van der Waals surface area contributed by atoms with Gasteiger partial charge in [-0.15, -0.1) is 5.10 Å². The molecule has 0 aliphatic heterocycles. The number of aryl methyl sites for hydroxylation is 1. The largest absolute Gasteiger partial charge is 1.00 e. The van der Waals surface area contributed by atoms with Crippen molar-refractivity contribution in [3.63, 3.8) is 0 Å². The second-order valence-corrected chi connectivity index (χ2v) is 1.41. The molecule has 0 N–H and O–H groups in total. The molecule has 10 heavy (non-hydrogen) atoms. The molecule has 0 fully saturated rings. The second-order valence-electron chi connectivity index (χ2n) is 1.41. The van der Waals surface area contributed by atoms with Crippen molar-refractivity contribution < 1.29 is 78.8 Å². The van der Waals surface area contributed by atoms with Gasteiger partial charge in [0.2, 0.25) is 0 Å². The molecular weight excluding hydrogens is 257 g/mol. The van der Waals surface area contributed by atoms with Crippen molar-refractivity contribution in [1.82, 2.24) is 20.2 Å². The van der Waals surface area contributed by atoms with Crippen LogP contribution in [0.25, 0.3) is 0 Å². The molecule has 0 radical (unpaired) electrons. The van der Waals surface area contributed by atoms with Gasteiger partial charge in [-0.05, 0) is 10.4 Å². The summed E-state index contributed by atoms with van der Waals surface area (Å²) in [5.41, 5.74) is 0. The van der Waals surface area contributed by atoms with Crippen molar-refractivity contribution in [2.45, 2.75) is 0 Å². The van der Waals surface area contributed by atoms with Gasteiger partial charge >= 0.3 is 68.9 Å². The molecule has 0 atom stereocenters. The van der Waals surface area contributed by atoms with Crippen LogP contribution < -0.4 is 74.0 Å². The first-order valence-corrected chi connectivity index (χ1v) is 2.15. The van der Waals surface area contributed by atoms with Gasteiger partial charge in [-0.3, -0.25) is 0 Å². The van der Waals surface area contributed by atoms with E-state index in [0.29, 0.717) is 0 Å². The van der Waals surface area contributed by atoms with Crippen LogP contribution in [0, 0.1) is 0 Å². The summed E-state index contributed by atoms with van der Waals surface area (Å²) in [6.45, 7) is 0. The molecule has 0 aliphatic rings. The van der Waals surface area contributed by atoms with Gasteiger partial charge in [-0.1, -0.05) is 0 Å². The summed E-state index contributed by atoms with van der Waals surface area (Å²) in [4.78, 5) is 10.0. The van der Waals surface area contributed by atoms with Gasteiger partial charge in [-0.25, -0.2) is 4.68 Å². The summed E-state index contributed by atoms with van der Waals surface area (Å²) < 4.78 is 1.02. The van der Waals surface area contributed by atoms with E-state index in [9.17, 15) is 9.90 Å². The Labute approximate surface area is 115 Å². The molecule has 0 aliphatic carbocycles. The Hall–Kier alpha value is 0.592. The van der Waals surface area contributed by atoms with Crippen LogP contribution in [0.5, 0.6) is 0 Å². The maximum absolute atomic E-state index is 10.0. The number of hydrogen-bond donors (Lipinski definition) is 0. The van der Waals surface area contributed by atoms with Crippen molar-refractivity contribution in [2.75, 3.05) is 0 Å². The van der Waals surface area contributed by atoms with Crippen molar-refractivity contribution in [3.05, 3.63) is 5.82 Å². The van der Waals surface area contributed by atoms with Crippen molar-refractivity contribution in [1.29, 1.82) is 0 Å². The smallest absolute Gasteiger partial charge is 0.541 e. The molecule has 0 spiro atoms. The average molecular weight is 260 g/mol. The second kappa shape index (κ2) is 4.47. The van der Waals surface area contributed by atoms with Crippen molar-refractivity contribution >= 4 is 5.97 Å². The van der Waals surface area contributed by atoms with Crippen LogP contribution in [0.4, 0.5) is 0 Å². The van der Waals surface area contributed by atoms with Crippen LogP contribution in [0.3, 0.4) is 0 Å². The van der Waals surface area contributed by atoms with Crippen LogP contribution in [0.1, 0.15) is 10.6 Å². The third-order valence-electron chi connectivity index (χ3n) is 0.803. The summed E-state index contributed by atoms with van der Waals surface area (Å²) in [5.74, 6) is -1.64. The fourth-order valence-electron chi connectivity index (χ4n) is 0.402.